The van der Waals surface area contributed by atoms with Gasteiger partial charge in [0.05, 0.1) is 0 Å². The molecule has 0 spiro atoms. The number of hydrogen-bond acceptors (Lipinski definition) is 4. The summed E-state index contributed by atoms with van der Waals surface area (Å²) in [7, 11) is 3.36. The Morgan fingerprint density at radius 1 is 1.14 bits per heavy atom. The van der Waals surface area contributed by atoms with Crippen LogP contribution in [0, 0.1) is 0 Å². The molecule has 0 atom stereocenters. The highest BCUT2D eigenvalue weighted by Crippen LogP contribution is 2.12. The van der Waals surface area contributed by atoms with E-state index >= 15 is 0 Å². The Balaban J connectivity index is 2.42. The monoisotopic (exact) mass is 308 g/mol. The molecular formula is C16H24N2O4. The molecule has 1 N–H and O–H groups in total. The summed E-state index contributed by atoms with van der Waals surface area (Å²) in [6.07, 6.45) is -0.454. The van der Waals surface area contributed by atoms with Crippen LogP contribution < -0.4 is 10.1 Å². The lowest BCUT2D eigenvalue weighted by atomic mass is 10.2. The zero-order valence-electron chi connectivity index (χ0n) is 13.8. The topological polar surface area (TPSA) is 67.9 Å². The van der Waals surface area contributed by atoms with Crippen LogP contribution in [0.4, 0.5) is 4.79 Å². The van der Waals surface area contributed by atoms with Gasteiger partial charge >= 0.3 is 6.09 Å². The number of nitrogens with zero attached hydrogens (tertiary/aromatic N) is 1. The van der Waals surface area contributed by atoms with Crippen LogP contribution in [0.2, 0.25) is 0 Å². The number of nitrogens with one attached hydrogen (secondary N) is 1. The quantitative estimate of drug-likeness (QED) is 0.905. The Kier molecular flexibility index (Phi) is 6.22. The molecule has 0 bridgehead atoms. The third-order valence-corrected chi connectivity index (χ3v) is 2.62. The molecule has 0 aliphatic rings. The van der Waals surface area contributed by atoms with E-state index in [1.807, 2.05) is 32.9 Å². The lowest BCUT2D eigenvalue weighted by Gasteiger charge is -2.19. The highest BCUT2D eigenvalue weighted by Gasteiger charge is 2.15. The molecule has 0 fully saturated rings. The Bertz CT molecular complexity index is 504. The van der Waals surface area contributed by atoms with Gasteiger partial charge in [-0.05, 0) is 38.5 Å². The summed E-state index contributed by atoms with van der Waals surface area (Å²) in [5, 5.41) is 2.68. The van der Waals surface area contributed by atoms with Gasteiger partial charge in [0.1, 0.15) is 11.4 Å². The van der Waals surface area contributed by atoms with Crippen molar-refractivity contribution in [2.24, 2.45) is 0 Å². The van der Waals surface area contributed by atoms with E-state index in [1.54, 1.807) is 26.2 Å². The summed E-state index contributed by atoms with van der Waals surface area (Å²) in [4.78, 5) is 24.4. The van der Waals surface area contributed by atoms with Gasteiger partial charge in [-0.25, -0.2) is 4.79 Å². The first-order valence-corrected chi connectivity index (χ1v) is 7.06. The normalized spacial score (nSPS) is 10.8. The number of ether oxygens (including phenoxy) is 2. The Morgan fingerprint density at radius 2 is 1.73 bits per heavy atom. The molecule has 1 aromatic rings. The van der Waals surface area contributed by atoms with Crippen LogP contribution in [0.5, 0.6) is 5.75 Å². The van der Waals surface area contributed by atoms with Gasteiger partial charge in [-0.2, -0.15) is 0 Å². The fourth-order valence-corrected chi connectivity index (χ4v) is 1.47. The minimum Gasteiger partial charge on any atom is -0.484 e. The highest BCUT2D eigenvalue weighted by atomic mass is 16.6. The first-order valence-electron chi connectivity index (χ1n) is 7.06. The number of carbonyl (C=O) groups excluding carboxylic acids is 2. The predicted molar refractivity (Wildman–Crippen MR) is 83.7 cm³/mol. The molecular weight excluding hydrogens is 284 g/mol. The number of carbonyl (C=O) groups is 2. The molecule has 0 heterocycles. The van der Waals surface area contributed by atoms with Gasteiger partial charge in [0.15, 0.2) is 6.61 Å². The highest BCUT2D eigenvalue weighted by molar-refractivity contribution is 5.77. The van der Waals surface area contributed by atoms with Crippen LogP contribution in [0.25, 0.3) is 0 Å². The van der Waals surface area contributed by atoms with Crippen molar-refractivity contribution >= 4 is 12.0 Å². The lowest BCUT2D eigenvalue weighted by molar-refractivity contribution is -0.130. The number of benzene rings is 1. The van der Waals surface area contributed by atoms with E-state index in [-0.39, 0.29) is 12.5 Å². The van der Waals surface area contributed by atoms with E-state index in [9.17, 15) is 9.59 Å². The number of likely N-dealkylation sites (N-methyl/N-ethyl adjacent to an activating group) is 1. The van der Waals surface area contributed by atoms with Gasteiger partial charge in [0.2, 0.25) is 0 Å². The average Bonchev–Trinajstić information content (AvgIpc) is 2.41. The molecule has 0 aliphatic carbocycles. The van der Waals surface area contributed by atoms with Gasteiger partial charge in [-0.15, -0.1) is 0 Å². The van der Waals surface area contributed by atoms with Gasteiger partial charge in [0, 0.05) is 20.6 Å². The number of alkyl carbamates (subject to hydrolysis) is 1. The molecule has 122 valence electrons. The van der Waals surface area contributed by atoms with E-state index < -0.39 is 11.7 Å². The van der Waals surface area contributed by atoms with Gasteiger partial charge in [-0.1, -0.05) is 12.1 Å². The zero-order chi connectivity index (χ0) is 16.8. The third kappa shape index (κ3) is 6.97. The van der Waals surface area contributed by atoms with E-state index in [4.69, 9.17) is 9.47 Å². The Morgan fingerprint density at radius 3 is 2.23 bits per heavy atom. The van der Waals surface area contributed by atoms with Crippen molar-refractivity contribution in [3.63, 3.8) is 0 Å². The van der Waals surface area contributed by atoms with Crippen LogP contribution in [-0.2, 0) is 16.1 Å². The summed E-state index contributed by atoms with van der Waals surface area (Å²) in [5.41, 5.74) is 0.401. The van der Waals surface area contributed by atoms with Crippen LogP contribution in [0.3, 0.4) is 0 Å². The van der Waals surface area contributed by atoms with Crippen molar-refractivity contribution in [2.75, 3.05) is 20.7 Å². The fraction of sp³-hybridized carbons (Fsp3) is 0.500. The standard InChI is InChI=1S/C16H24N2O4/c1-16(2,3)22-15(20)17-10-12-6-8-13(9-7-12)21-11-14(19)18(4)5/h6-9H,10-11H2,1-5H3,(H,17,20). The molecule has 0 saturated heterocycles. The molecule has 0 aromatic heterocycles. The maximum atomic E-state index is 11.5. The maximum absolute atomic E-state index is 11.5. The van der Waals surface area contributed by atoms with Crippen LogP contribution in [0.1, 0.15) is 26.3 Å². The maximum Gasteiger partial charge on any atom is 0.407 e. The number of hydrogen-bond donors (Lipinski definition) is 1. The van der Waals surface area contributed by atoms with Crippen LogP contribution in [0.15, 0.2) is 24.3 Å². The zero-order valence-corrected chi connectivity index (χ0v) is 13.8. The second-order valence-corrected chi connectivity index (χ2v) is 6.08. The second-order valence-electron chi connectivity index (χ2n) is 6.08. The lowest BCUT2D eigenvalue weighted by Crippen LogP contribution is -2.32. The van der Waals surface area contributed by atoms with Crippen molar-refractivity contribution in [3.05, 3.63) is 29.8 Å². The van der Waals surface area contributed by atoms with Crippen LogP contribution >= 0.6 is 0 Å². The van der Waals surface area contributed by atoms with Gasteiger partial charge in [0.25, 0.3) is 5.91 Å². The minimum atomic E-state index is -0.513. The molecule has 6 nitrogen and oxygen atoms in total. The molecule has 0 radical (unpaired) electrons. The van der Waals surface area contributed by atoms with E-state index in [0.29, 0.717) is 12.3 Å². The van der Waals surface area contributed by atoms with Gasteiger partial charge in [-0.3, -0.25) is 4.79 Å². The minimum absolute atomic E-state index is 0.00249. The second kappa shape index (κ2) is 7.68. The first kappa shape index (κ1) is 17.8. The van der Waals surface area contributed by atoms with Crippen LogP contribution in [-0.4, -0.2) is 43.2 Å². The summed E-state index contributed by atoms with van der Waals surface area (Å²) < 4.78 is 10.5. The van der Waals surface area contributed by atoms with Crippen molar-refractivity contribution < 1.29 is 19.1 Å². The molecule has 1 rings (SSSR count). The first-order chi connectivity index (χ1) is 10.2. The summed E-state index contributed by atoms with van der Waals surface area (Å²) in [5.74, 6) is 0.506. The SMILES string of the molecule is CN(C)C(=O)COc1ccc(CNC(=O)OC(C)(C)C)cc1. The van der Waals surface area contributed by atoms with E-state index in [1.165, 1.54) is 4.90 Å². The van der Waals surface area contributed by atoms with Gasteiger partial charge < -0.3 is 19.7 Å². The van der Waals surface area contributed by atoms with E-state index in [2.05, 4.69) is 5.32 Å². The summed E-state index contributed by atoms with van der Waals surface area (Å²) in [6, 6.07) is 7.17. The molecule has 0 unspecified atom stereocenters. The largest absolute Gasteiger partial charge is 0.484 e. The average molecular weight is 308 g/mol. The Hall–Kier alpha value is -2.24. The van der Waals surface area contributed by atoms with Crippen molar-refractivity contribution in [1.82, 2.24) is 10.2 Å². The molecule has 0 aliphatic heterocycles. The predicted octanol–water partition coefficient (Wildman–Crippen LogP) is 2.18. The fourth-order valence-electron chi connectivity index (χ4n) is 1.47. The molecule has 0 saturated carbocycles. The van der Waals surface area contributed by atoms with Crippen molar-refractivity contribution in [3.8, 4) is 5.75 Å². The molecule has 22 heavy (non-hydrogen) atoms. The van der Waals surface area contributed by atoms with Crippen molar-refractivity contribution in [2.45, 2.75) is 32.9 Å². The summed E-state index contributed by atoms with van der Waals surface area (Å²) in [6.45, 7) is 5.81. The number of amides is 2. The molecule has 2 amide bonds. The number of rotatable bonds is 5. The molecule has 1 aromatic carbocycles. The Labute approximate surface area is 131 Å². The summed E-state index contributed by atoms with van der Waals surface area (Å²) >= 11 is 0. The molecule has 6 heteroatoms. The third-order valence-electron chi connectivity index (χ3n) is 2.62. The van der Waals surface area contributed by atoms with Crippen molar-refractivity contribution in [1.29, 1.82) is 0 Å². The smallest absolute Gasteiger partial charge is 0.407 e. The van der Waals surface area contributed by atoms with E-state index in [0.717, 1.165) is 5.56 Å².